The van der Waals surface area contributed by atoms with Crippen molar-refractivity contribution in [3.05, 3.63) is 51.0 Å². The number of aromatic nitrogens is 2. The smallest absolute Gasteiger partial charge is 0.252 e. The topological polar surface area (TPSA) is 48.6 Å². The Balaban J connectivity index is 2.63. The van der Waals surface area contributed by atoms with E-state index in [0.717, 1.165) is 12.1 Å². The van der Waals surface area contributed by atoms with Crippen molar-refractivity contribution in [2.75, 3.05) is 0 Å². The fourth-order valence-corrected chi connectivity index (χ4v) is 1.50. The first-order chi connectivity index (χ1) is 7.56. The lowest BCUT2D eigenvalue weighted by molar-refractivity contribution is 0.509. The molecule has 0 amide bonds. The van der Waals surface area contributed by atoms with Crippen LogP contribution < -0.4 is 5.56 Å². The molecule has 0 saturated carbocycles. The van der Waals surface area contributed by atoms with E-state index in [1.807, 2.05) is 0 Å². The molecule has 0 atom stereocenters. The van der Waals surface area contributed by atoms with Crippen molar-refractivity contribution in [3.8, 4) is 11.3 Å². The maximum absolute atomic E-state index is 13.0. The number of aromatic amines is 2. The van der Waals surface area contributed by atoms with Crippen molar-refractivity contribution in [1.29, 1.82) is 0 Å². The Bertz CT molecular complexity index is 620. The summed E-state index contributed by atoms with van der Waals surface area (Å²) in [6.07, 6.45) is 0. The van der Waals surface area contributed by atoms with Crippen LogP contribution in [0.2, 0.25) is 0 Å². The molecule has 0 radical (unpaired) electrons. The molecule has 0 aliphatic carbocycles. The number of nitrogens with one attached hydrogen (secondary N) is 2. The van der Waals surface area contributed by atoms with Gasteiger partial charge in [0, 0.05) is 11.6 Å². The Kier molecular flexibility index (Phi) is 2.66. The van der Waals surface area contributed by atoms with Crippen LogP contribution in [0.5, 0.6) is 0 Å². The molecule has 0 aliphatic rings. The van der Waals surface area contributed by atoms with E-state index in [-0.39, 0.29) is 4.77 Å². The van der Waals surface area contributed by atoms with Gasteiger partial charge in [-0.25, -0.2) is 8.78 Å². The molecule has 0 fully saturated rings. The van der Waals surface area contributed by atoms with E-state index >= 15 is 0 Å². The molecule has 2 N–H and O–H groups in total. The molecule has 0 unspecified atom stereocenters. The van der Waals surface area contributed by atoms with Gasteiger partial charge in [-0.2, -0.15) is 0 Å². The SMILES string of the molecule is O=c1cc(-c2ccc(F)c(F)c2)[nH]c(=S)[nH]1. The first kappa shape index (κ1) is 10.7. The standard InChI is InChI=1S/C10H6F2N2OS/c11-6-2-1-5(3-7(6)12)8-4-9(15)14-10(16)13-8/h1-4H,(H2,13,14,15,16). The van der Waals surface area contributed by atoms with E-state index in [4.69, 9.17) is 12.2 Å². The lowest BCUT2D eigenvalue weighted by Crippen LogP contribution is -2.06. The number of rotatable bonds is 1. The minimum atomic E-state index is -0.975. The van der Waals surface area contributed by atoms with Crippen LogP contribution >= 0.6 is 12.2 Å². The molecule has 3 nitrogen and oxygen atoms in total. The maximum Gasteiger partial charge on any atom is 0.252 e. The quantitative estimate of drug-likeness (QED) is 0.752. The largest absolute Gasteiger partial charge is 0.332 e. The second kappa shape index (κ2) is 3.97. The Hall–Kier alpha value is -1.82. The van der Waals surface area contributed by atoms with Gasteiger partial charge in [-0.15, -0.1) is 0 Å². The summed E-state index contributed by atoms with van der Waals surface area (Å²) in [6.45, 7) is 0. The second-order valence-electron chi connectivity index (χ2n) is 3.13. The minimum absolute atomic E-state index is 0.132. The minimum Gasteiger partial charge on any atom is -0.332 e. The normalized spacial score (nSPS) is 10.4. The number of halogens is 2. The van der Waals surface area contributed by atoms with E-state index in [0.29, 0.717) is 11.3 Å². The third kappa shape index (κ3) is 2.06. The van der Waals surface area contributed by atoms with Gasteiger partial charge >= 0.3 is 0 Å². The number of benzene rings is 1. The first-order valence-corrected chi connectivity index (χ1v) is 4.76. The highest BCUT2D eigenvalue weighted by molar-refractivity contribution is 7.71. The van der Waals surface area contributed by atoms with E-state index in [2.05, 4.69) is 9.97 Å². The average molecular weight is 240 g/mol. The Morgan fingerprint density at radius 3 is 2.44 bits per heavy atom. The maximum atomic E-state index is 13.0. The van der Waals surface area contributed by atoms with Crippen LogP contribution in [0.4, 0.5) is 8.78 Å². The Morgan fingerprint density at radius 1 is 1.06 bits per heavy atom. The van der Waals surface area contributed by atoms with Crippen molar-refractivity contribution in [2.24, 2.45) is 0 Å². The van der Waals surface area contributed by atoms with Crippen LogP contribution in [-0.4, -0.2) is 9.97 Å². The number of H-pyrrole nitrogens is 2. The third-order valence-electron chi connectivity index (χ3n) is 1.99. The summed E-state index contributed by atoms with van der Waals surface area (Å²) in [5.74, 6) is -1.91. The summed E-state index contributed by atoms with van der Waals surface area (Å²) in [7, 11) is 0. The molecule has 82 valence electrons. The lowest BCUT2D eigenvalue weighted by Gasteiger charge is -2.01. The van der Waals surface area contributed by atoms with Gasteiger partial charge in [0.05, 0.1) is 5.69 Å². The van der Waals surface area contributed by atoms with E-state index in [9.17, 15) is 13.6 Å². The highest BCUT2D eigenvalue weighted by Crippen LogP contribution is 2.17. The van der Waals surface area contributed by atoms with Gasteiger partial charge in [-0.3, -0.25) is 9.78 Å². The molecule has 2 rings (SSSR count). The van der Waals surface area contributed by atoms with Crippen LogP contribution in [-0.2, 0) is 0 Å². The van der Waals surface area contributed by atoms with Crippen molar-refractivity contribution in [3.63, 3.8) is 0 Å². The highest BCUT2D eigenvalue weighted by atomic mass is 32.1. The first-order valence-electron chi connectivity index (χ1n) is 4.35. The van der Waals surface area contributed by atoms with Crippen molar-refractivity contribution in [1.82, 2.24) is 9.97 Å². The Morgan fingerprint density at radius 2 is 1.81 bits per heavy atom. The van der Waals surface area contributed by atoms with E-state index < -0.39 is 17.2 Å². The molecule has 6 heteroatoms. The summed E-state index contributed by atoms with van der Waals surface area (Å²) < 4.78 is 25.8. The average Bonchev–Trinajstić information content (AvgIpc) is 2.20. The fourth-order valence-electron chi connectivity index (χ4n) is 1.29. The summed E-state index contributed by atoms with van der Waals surface area (Å²) in [5.41, 5.74) is 0.298. The van der Waals surface area contributed by atoms with Crippen molar-refractivity contribution < 1.29 is 8.78 Å². The molecule has 1 aromatic heterocycles. The molecule has 0 spiro atoms. The van der Waals surface area contributed by atoms with Crippen LogP contribution in [0.3, 0.4) is 0 Å². The zero-order valence-electron chi connectivity index (χ0n) is 7.88. The van der Waals surface area contributed by atoms with E-state index in [1.165, 1.54) is 12.1 Å². The van der Waals surface area contributed by atoms with Crippen molar-refractivity contribution in [2.45, 2.75) is 0 Å². The molecule has 0 aliphatic heterocycles. The van der Waals surface area contributed by atoms with Gasteiger partial charge in [-0.1, -0.05) is 0 Å². The van der Waals surface area contributed by atoms with Gasteiger partial charge in [-0.05, 0) is 30.4 Å². The monoisotopic (exact) mass is 240 g/mol. The van der Waals surface area contributed by atoms with Crippen LogP contribution in [0.1, 0.15) is 0 Å². The molecule has 0 saturated heterocycles. The highest BCUT2D eigenvalue weighted by Gasteiger charge is 2.05. The number of hydrogen-bond acceptors (Lipinski definition) is 2. The predicted octanol–water partition coefficient (Wildman–Crippen LogP) is 2.38. The molecular weight excluding hydrogens is 234 g/mol. The Labute approximate surface area is 93.8 Å². The van der Waals surface area contributed by atoms with Gasteiger partial charge in [0.15, 0.2) is 16.4 Å². The predicted molar refractivity (Wildman–Crippen MR) is 57.6 cm³/mol. The van der Waals surface area contributed by atoms with Gasteiger partial charge in [0.1, 0.15) is 0 Å². The molecule has 2 aromatic rings. The zero-order valence-corrected chi connectivity index (χ0v) is 8.70. The van der Waals surface area contributed by atoms with Gasteiger partial charge in [0.2, 0.25) is 0 Å². The van der Waals surface area contributed by atoms with Gasteiger partial charge in [0.25, 0.3) is 5.56 Å². The lowest BCUT2D eigenvalue weighted by atomic mass is 10.1. The molecule has 1 aromatic carbocycles. The molecule has 1 heterocycles. The van der Waals surface area contributed by atoms with Crippen molar-refractivity contribution >= 4 is 12.2 Å². The van der Waals surface area contributed by atoms with Crippen LogP contribution in [0, 0.1) is 16.4 Å². The van der Waals surface area contributed by atoms with Gasteiger partial charge < -0.3 is 4.98 Å². The molecule has 16 heavy (non-hydrogen) atoms. The van der Waals surface area contributed by atoms with Crippen LogP contribution in [0.25, 0.3) is 11.3 Å². The van der Waals surface area contributed by atoms with E-state index in [1.54, 1.807) is 0 Å². The second-order valence-corrected chi connectivity index (χ2v) is 3.54. The third-order valence-corrected chi connectivity index (χ3v) is 2.20. The number of hydrogen-bond donors (Lipinski definition) is 2. The summed E-state index contributed by atoms with van der Waals surface area (Å²) in [4.78, 5) is 16.1. The zero-order chi connectivity index (χ0) is 11.7. The summed E-state index contributed by atoms with van der Waals surface area (Å²) in [5, 5.41) is 0. The van der Waals surface area contributed by atoms with Crippen LogP contribution in [0.15, 0.2) is 29.1 Å². The summed E-state index contributed by atoms with van der Waals surface area (Å²) in [6, 6.07) is 4.57. The summed E-state index contributed by atoms with van der Waals surface area (Å²) >= 11 is 4.77. The molecule has 0 bridgehead atoms. The molecular formula is C10H6F2N2OS. The fraction of sp³-hybridized carbons (Fsp3) is 0.